The number of anilines is 3. The molecule has 44 heavy (non-hydrogen) atoms. The number of rotatable bonds is 9. The summed E-state index contributed by atoms with van der Waals surface area (Å²) in [5.74, 6) is 0.334. The third-order valence-electron chi connectivity index (χ3n) is 8.11. The number of nitrogens with one attached hydrogen (secondary N) is 3. The number of halogens is 3. The number of piperidine rings is 1. The largest absolute Gasteiger partial charge is 0.416 e. The summed E-state index contributed by atoms with van der Waals surface area (Å²) in [7, 11) is 0. The quantitative estimate of drug-likeness (QED) is 0.283. The molecule has 3 aromatic carbocycles. The third-order valence-corrected chi connectivity index (χ3v) is 8.11. The van der Waals surface area contributed by atoms with Gasteiger partial charge in [-0.25, -0.2) is 4.79 Å². The van der Waals surface area contributed by atoms with Crippen molar-refractivity contribution in [2.45, 2.75) is 25.4 Å². The number of amides is 3. The van der Waals surface area contributed by atoms with Crippen LogP contribution in [0.1, 0.15) is 34.3 Å². The molecule has 0 bridgehead atoms. The Hall–Kier alpha value is -4.09. The Morgan fingerprint density at radius 1 is 0.841 bits per heavy atom. The molecule has 0 atom stereocenters. The minimum atomic E-state index is -4.46. The summed E-state index contributed by atoms with van der Waals surface area (Å²) >= 11 is 0. The summed E-state index contributed by atoms with van der Waals surface area (Å²) in [6.07, 6.45) is -1.43. The molecule has 3 N–H and O–H groups in total. The molecule has 0 radical (unpaired) electrons. The Morgan fingerprint density at radius 3 is 2.18 bits per heavy atom. The van der Waals surface area contributed by atoms with Crippen LogP contribution in [0, 0.1) is 5.92 Å². The fourth-order valence-corrected chi connectivity index (χ4v) is 5.68. The van der Waals surface area contributed by atoms with Crippen molar-refractivity contribution in [2.24, 2.45) is 5.92 Å². The Bertz CT molecular complexity index is 1390. The van der Waals surface area contributed by atoms with Gasteiger partial charge in [-0.05, 0) is 73.2 Å². The summed E-state index contributed by atoms with van der Waals surface area (Å²) in [5, 5.41) is 8.29. The van der Waals surface area contributed by atoms with E-state index >= 15 is 0 Å². The number of ether oxygens (including phenoxy) is 1. The number of benzene rings is 3. The summed E-state index contributed by atoms with van der Waals surface area (Å²) in [6, 6.07) is 19.3. The zero-order chi connectivity index (χ0) is 30.9. The van der Waals surface area contributed by atoms with Crippen LogP contribution >= 0.6 is 0 Å². The molecule has 0 aliphatic carbocycles. The second-order valence-corrected chi connectivity index (χ2v) is 11.2. The Kier molecular flexibility index (Phi) is 10.4. The van der Waals surface area contributed by atoms with Crippen molar-refractivity contribution in [3.63, 3.8) is 0 Å². The molecule has 2 saturated heterocycles. The lowest BCUT2D eigenvalue weighted by atomic mass is 9.89. The maximum absolute atomic E-state index is 13.5. The molecule has 8 nitrogen and oxygen atoms in total. The van der Waals surface area contributed by atoms with Gasteiger partial charge in [-0.2, -0.15) is 13.2 Å². The average molecular weight is 610 g/mol. The molecule has 234 valence electrons. The van der Waals surface area contributed by atoms with Gasteiger partial charge in [0, 0.05) is 56.3 Å². The van der Waals surface area contributed by atoms with Gasteiger partial charge in [-0.3, -0.25) is 9.69 Å². The van der Waals surface area contributed by atoms with E-state index < -0.39 is 17.8 Å². The predicted molar refractivity (Wildman–Crippen MR) is 165 cm³/mol. The van der Waals surface area contributed by atoms with E-state index in [9.17, 15) is 22.8 Å². The summed E-state index contributed by atoms with van der Waals surface area (Å²) < 4.78 is 44.0. The number of morpholine rings is 1. The van der Waals surface area contributed by atoms with Crippen LogP contribution in [0.4, 0.5) is 35.0 Å². The molecule has 0 unspecified atom stereocenters. The number of carbonyl (C=O) groups excluding carboxylic acids is 2. The van der Waals surface area contributed by atoms with Crippen molar-refractivity contribution in [1.82, 2.24) is 10.2 Å². The number of alkyl halides is 3. The van der Waals surface area contributed by atoms with E-state index in [2.05, 4.69) is 50.0 Å². The van der Waals surface area contributed by atoms with Crippen LogP contribution < -0.4 is 20.9 Å². The topological polar surface area (TPSA) is 85.9 Å². The number of nitrogens with zero attached hydrogens (tertiary/aromatic N) is 2. The van der Waals surface area contributed by atoms with E-state index in [0.717, 1.165) is 63.3 Å². The van der Waals surface area contributed by atoms with Gasteiger partial charge in [0.05, 0.1) is 24.3 Å². The van der Waals surface area contributed by atoms with Crippen molar-refractivity contribution < 1.29 is 27.5 Å². The molecule has 3 aromatic rings. The third kappa shape index (κ3) is 8.73. The molecule has 0 saturated carbocycles. The van der Waals surface area contributed by atoms with Gasteiger partial charge in [0.25, 0.3) is 5.91 Å². The number of hydrogen-bond acceptors (Lipinski definition) is 5. The Balaban J connectivity index is 1.25. The fraction of sp³-hybridized carbons (Fsp3) is 0.394. The Morgan fingerprint density at radius 2 is 1.50 bits per heavy atom. The van der Waals surface area contributed by atoms with Gasteiger partial charge in [-0.1, -0.05) is 30.3 Å². The summed E-state index contributed by atoms with van der Waals surface area (Å²) in [6.45, 7) is 5.83. The molecule has 2 aliphatic heterocycles. The van der Waals surface area contributed by atoms with Gasteiger partial charge >= 0.3 is 12.2 Å². The van der Waals surface area contributed by atoms with Crippen molar-refractivity contribution >= 4 is 29.0 Å². The van der Waals surface area contributed by atoms with E-state index in [-0.39, 0.29) is 11.6 Å². The van der Waals surface area contributed by atoms with Gasteiger partial charge in [0.1, 0.15) is 0 Å². The highest BCUT2D eigenvalue weighted by molar-refractivity contribution is 6.04. The van der Waals surface area contributed by atoms with Crippen molar-refractivity contribution in [2.75, 3.05) is 68.0 Å². The zero-order valence-electron chi connectivity index (χ0n) is 24.5. The van der Waals surface area contributed by atoms with E-state index in [1.54, 1.807) is 12.1 Å². The highest BCUT2D eigenvalue weighted by Crippen LogP contribution is 2.31. The molecular weight excluding hydrogens is 571 g/mol. The van der Waals surface area contributed by atoms with E-state index in [4.69, 9.17) is 4.74 Å². The highest BCUT2D eigenvalue weighted by Gasteiger charge is 2.30. The predicted octanol–water partition coefficient (Wildman–Crippen LogP) is 5.87. The number of carbonyl (C=O) groups is 2. The SMILES string of the molecule is O=C(Nc1ccc(C(F)(F)F)cc1)Nc1ccc(N2CCC(Cc3ccccc3)CC2)c(C(=O)NCCN2CCOCC2)c1. The monoisotopic (exact) mass is 609 g/mol. The van der Waals surface area contributed by atoms with Crippen molar-refractivity contribution in [3.05, 3.63) is 89.5 Å². The van der Waals surface area contributed by atoms with Crippen LogP contribution in [0.5, 0.6) is 0 Å². The molecule has 11 heteroatoms. The van der Waals surface area contributed by atoms with Crippen LogP contribution in [-0.2, 0) is 17.3 Å². The Labute approximate surface area is 255 Å². The summed E-state index contributed by atoms with van der Waals surface area (Å²) in [5.41, 5.74) is 2.41. The highest BCUT2D eigenvalue weighted by atomic mass is 19.4. The fourth-order valence-electron chi connectivity index (χ4n) is 5.68. The van der Waals surface area contributed by atoms with E-state index in [1.807, 2.05) is 12.1 Å². The zero-order valence-corrected chi connectivity index (χ0v) is 24.5. The first-order chi connectivity index (χ1) is 21.2. The molecule has 3 amide bonds. The van der Waals surface area contributed by atoms with Crippen LogP contribution in [-0.4, -0.2) is 69.3 Å². The number of hydrogen-bond donors (Lipinski definition) is 3. The van der Waals surface area contributed by atoms with Crippen molar-refractivity contribution in [1.29, 1.82) is 0 Å². The second-order valence-electron chi connectivity index (χ2n) is 11.2. The van der Waals surface area contributed by atoms with Gasteiger partial charge in [0.2, 0.25) is 0 Å². The second kappa shape index (κ2) is 14.6. The van der Waals surface area contributed by atoms with Crippen LogP contribution in [0.25, 0.3) is 0 Å². The molecular formula is C33H38F3N5O3. The minimum Gasteiger partial charge on any atom is -0.379 e. The van der Waals surface area contributed by atoms with Gasteiger partial charge in [0.15, 0.2) is 0 Å². The molecule has 5 rings (SSSR count). The lowest BCUT2D eigenvalue weighted by Gasteiger charge is -2.35. The molecule has 0 aromatic heterocycles. The van der Waals surface area contributed by atoms with Gasteiger partial charge in [-0.15, -0.1) is 0 Å². The number of urea groups is 1. The van der Waals surface area contributed by atoms with E-state index in [1.165, 1.54) is 17.7 Å². The minimum absolute atomic E-state index is 0.214. The maximum Gasteiger partial charge on any atom is 0.416 e. The van der Waals surface area contributed by atoms with E-state index in [0.29, 0.717) is 43.5 Å². The van der Waals surface area contributed by atoms with Gasteiger partial charge < -0.3 is 25.6 Å². The first kappa shape index (κ1) is 31.3. The summed E-state index contributed by atoms with van der Waals surface area (Å²) in [4.78, 5) is 30.7. The molecule has 2 aliphatic rings. The standard InChI is InChI=1S/C33H38F3N5O3/c34-33(35,36)26-6-8-27(9-7-26)38-32(43)39-28-10-11-30(29(23-28)31(42)37-14-17-40-18-20-44-21-19-40)41-15-12-25(13-16-41)22-24-4-2-1-3-5-24/h1-11,23,25H,12-22H2,(H,37,42)(H2,38,39,43). The van der Waals surface area contributed by atoms with Crippen molar-refractivity contribution in [3.8, 4) is 0 Å². The smallest absolute Gasteiger partial charge is 0.379 e. The molecule has 2 fully saturated rings. The lowest BCUT2D eigenvalue weighted by molar-refractivity contribution is -0.137. The molecule has 2 heterocycles. The van der Waals surface area contributed by atoms with Crippen LogP contribution in [0.15, 0.2) is 72.8 Å². The lowest BCUT2D eigenvalue weighted by Crippen LogP contribution is -2.41. The van der Waals surface area contributed by atoms with Crippen LogP contribution in [0.3, 0.4) is 0 Å². The normalized spacial score (nSPS) is 16.4. The first-order valence-corrected chi connectivity index (χ1v) is 15.0. The first-order valence-electron chi connectivity index (χ1n) is 15.0. The van der Waals surface area contributed by atoms with Crippen LogP contribution in [0.2, 0.25) is 0 Å². The average Bonchev–Trinajstić information content (AvgIpc) is 3.02. The maximum atomic E-state index is 13.5. The molecule has 0 spiro atoms.